The monoisotopic (exact) mass is 369 g/mol. The number of fused-ring (bicyclic) bond motifs is 8. The van der Waals surface area contributed by atoms with Gasteiger partial charge in [-0.3, -0.25) is 4.79 Å². The highest BCUT2D eigenvalue weighted by atomic mass is 16.6. The highest BCUT2D eigenvalue weighted by molar-refractivity contribution is 5.92. The van der Waals surface area contributed by atoms with Crippen LogP contribution in [0.15, 0.2) is 16.8 Å². The van der Waals surface area contributed by atoms with Crippen LogP contribution in [0.1, 0.15) is 59.3 Å². The first-order valence-corrected chi connectivity index (χ1v) is 10.8. The van der Waals surface area contributed by atoms with Crippen molar-refractivity contribution < 1.29 is 9.53 Å². The van der Waals surface area contributed by atoms with Crippen LogP contribution in [0.5, 0.6) is 0 Å². The molecule has 1 aliphatic heterocycles. The van der Waals surface area contributed by atoms with Crippen molar-refractivity contribution >= 4 is 5.78 Å². The van der Waals surface area contributed by atoms with Gasteiger partial charge < -0.3 is 4.74 Å². The fraction of sp³-hybridized carbons (Fsp3) is 0.864. The van der Waals surface area contributed by atoms with Crippen molar-refractivity contribution in [2.45, 2.75) is 71.5 Å². The van der Waals surface area contributed by atoms with E-state index in [4.69, 9.17) is 10.3 Å². The van der Waals surface area contributed by atoms with E-state index < -0.39 is 0 Å². The zero-order valence-corrected chi connectivity index (χ0v) is 16.7. The molecule has 9 atom stereocenters. The van der Waals surface area contributed by atoms with Crippen LogP contribution in [0.4, 0.5) is 0 Å². The molecule has 0 aromatic carbocycles. The van der Waals surface area contributed by atoms with Crippen LogP contribution in [0.25, 0.3) is 10.4 Å². The van der Waals surface area contributed by atoms with Gasteiger partial charge in [0.2, 0.25) is 0 Å². The molecule has 0 spiro atoms. The van der Waals surface area contributed by atoms with Crippen molar-refractivity contribution in [3.05, 3.63) is 22.1 Å². The normalized spacial score (nSPS) is 51.1. The summed E-state index contributed by atoms with van der Waals surface area (Å²) < 4.78 is 6.26. The van der Waals surface area contributed by atoms with Gasteiger partial charge in [-0.1, -0.05) is 25.9 Å². The molecule has 1 saturated heterocycles. The van der Waals surface area contributed by atoms with E-state index in [1.807, 2.05) is 6.08 Å². The summed E-state index contributed by atoms with van der Waals surface area (Å²) in [4.78, 5) is 15.0. The van der Waals surface area contributed by atoms with Crippen LogP contribution >= 0.6 is 0 Å². The molecule has 1 heterocycles. The van der Waals surface area contributed by atoms with Crippen molar-refractivity contribution in [2.24, 2.45) is 45.5 Å². The smallest absolute Gasteiger partial charge is 0.155 e. The molecule has 5 aliphatic rings. The molecule has 5 nitrogen and oxygen atoms in total. The molecule has 0 amide bonds. The largest absolute Gasteiger partial charge is 0.365 e. The van der Waals surface area contributed by atoms with Crippen molar-refractivity contribution in [1.82, 2.24) is 0 Å². The minimum Gasteiger partial charge on any atom is -0.365 e. The van der Waals surface area contributed by atoms with Crippen molar-refractivity contribution in [1.29, 1.82) is 0 Å². The summed E-state index contributed by atoms with van der Waals surface area (Å²) >= 11 is 0. The van der Waals surface area contributed by atoms with Crippen LogP contribution in [0.3, 0.4) is 0 Å². The van der Waals surface area contributed by atoms with E-state index in [0.717, 1.165) is 6.42 Å². The van der Waals surface area contributed by atoms with Crippen LogP contribution < -0.4 is 0 Å². The fourth-order valence-electron chi connectivity index (χ4n) is 8.08. The highest BCUT2D eigenvalue weighted by Crippen LogP contribution is 2.70. The molecule has 0 aromatic heterocycles. The third-order valence-corrected chi connectivity index (χ3v) is 9.42. The number of hydrogen-bond acceptors (Lipinski definition) is 3. The molecule has 0 radical (unpaired) electrons. The molecule has 3 saturated carbocycles. The van der Waals surface area contributed by atoms with Crippen molar-refractivity contribution in [3.8, 4) is 0 Å². The second-order valence-corrected chi connectivity index (χ2v) is 10.4. The van der Waals surface area contributed by atoms with Crippen LogP contribution in [-0.4, -0.2) is 24.5 Å². The summed E-state index contributed by atoms with van der Waals surface area (Å²) in [6, 6.07) is 0. The van der Waals surface area contributed by atoms with Gasteiger partial charge in [-0.05, 0) is 89.7 Å². The summed E-state index contributed by atoms with van der Waals surface area (Å²) in [6.07, 6.45) is 9.25. The Labute approximate surface area is 161 Å². The minimum absolute atomic E-state index is 0.159. The number of hydrogen-bond donors (Lipinski definition) is 0. The Kier molecular flexibility index (Phi) is 3.84. The molecule has 0 N–H and O–H groups in total. The third-order valence-electron chi connectivity index (χ3n) is 9.42. The van der Waals surface area contributed by atoms with Gasteiger partial charge in [0.05, 0.1) is 6.10 Å². The van der Waals surface area contributed by atoms with Gasteiger partial charge in [0, 0.05) is 17.9 Å². The predicted octanol–water partition coefficient (Wildman–Crippen LogP) is 5.07. The lowest BCUT2D eigenvalue weighted by Gasteiger charge is -2.57. The van der Waals surface area contributed by atoms with Gasteiger partial charge in [0.1, 0.15) is 6.10 Å². The molecule has 5 heteroatoms. The first-order valence-electron chi connectivity index (χ1n) is 10.8. The maximum Gasteiger partial charge on any atom is 0.155 e. The maximum absolute atomic E-state index is 12.1. The Bertz CT molecular complexity index is 757. The first kappa shape index (κ1) is 17.8. The molecule has 4 fully saturated rings. The summed E-state index contributed by atoms with van der Waals surface area (Å²) in [7, 11) is 0. The second-order valence-electron chi connectivity index (χ2n) is 10.4. The lowest BCUT2D eigenvalue weighted by molar-refractivity contribution is -0.117. The summed E-state index contributed by atoms with van der Waals surface area (Å²) in [5.41, 5.74) is 10.5. The Hall–Kier alpha value is -1.32. The predicted molar refractivity (Wildman–Crippen MR) is 103 cm³/mol. The molecule has 0 bridgehead atoms. The maximum atomic E-state index is 12.1. The lowest BCUT2D eigenvalue weighted by Crippen LogP contribution is -2.53. The molecule has 5 rings (SSSR count). The van der Waals surface area contributed by atoms with E-state index in [2.05, 4.69) is 30.8 Å². The Balaban J connectivity index is 1.46. The Morgan fingerprint density at radius 1 is 1.30 bits per heavy atom. The summed E-state index contributed by atoms with van der Waals surface area (Å²) in [5.74, 6) is 3.39. The minimum atomic E-state index is 0.159. The van der Waals surface area contributed by atoms with E-state index in [-0.39, 0.29) is 11.5 Å². The van der Waals surface area contributed by atoms with Gasteiger partial charge in [-0.2, -0.15) is 0 Å². The van der Waals surface area contributed by atoms with Gasteiger partial charge in [-0.25, -0.2) is 0 Å². The lowest BCUT2D eigenvalue weighted by atomic mass is 9.46. The first-order chi connectivity index (χ1) is 12.9. The van der Waals surface area contributed by atoms with Gasteiger partial charge in [0.25, 0.3) is 0 Å². The molecule has 27 heavy (non-hydrogen) atoms. The van der Waals surface area contributed by atoms with Crippen molar-refractivity contribution in [3.63, 3.8) is 0 Å². The number of ether oxygens (including phenoxy) is 1. The molecular formula is C22H31N3O2. The van der Waals surface area contributed by atoms with Gasteiger partial charge in [0.15, 0.2) is 5.78 Å². The standard InChI is InChI=1S/C22H31N3O2/c1-12(11-24-25-23)14-4-5-15-18-16(7-9-21(14,15)2)22(3)8-6-13(26)10-17(22)19-20(18)27-19/h10,12,14-16,18-20H,4-9,11H2,1-3H3/t12-,14-,15?,16?,18?,19?,20-,21-,22-/m1/s1. The molecule has 4 unspecified atom stereocenters. The number of nitrogens with zero attached hydrogens (tertiary/aromatic N) is 3. The van der Waals surface area contributed by atoms with Gasteiger partial charge in [-0.15, -0.1) is 0 Å². The number of rotatable bonds is 3. The molecule has 4 aliphatic carbocycles. The Morgan fingerprint density at radius 3 is 2.89 bits per heavy atom. The highest BCUT2D eigenvalue weighted by Gasteiger charge is 2.69. The third kappa shape index (κ3) is 2.34. The number of epoxide rings is 1. The molecular weight excluding hydrogens is 338 g/mol. The van der Waals surface area contributed by atoms with E-state index in [1.165, 1.54) is 31.3 Å². The summed E-state index contributed by atoms with van der Waals surface area (Å²) in [6.45, 7) is 7.81. The van der Waals surface area contributed by atoms with Gasteiger partial charge >= 0.3 is 0 Å². The van der Waals surface area contributed by atoms with Crippen LogP contribution in [0.2, 0.25) is 0 Å². The Morgan fingerprint density at radius 2 is 2.11 bits per heavy atom. The topological polar surface area (TPSA) is 78.4 Å². The molecule has 146 valence electrons. The van der Waals surface area contributed by atoms with Crippen molar-refractivity contribution in [2.75, 3.05) is 6.54 Å². The summed E-state index contributed by atoms with van der Waals surface area (Å²) in [5, 5.41) is 3.88. The number of carbonyl (C=O) groups excluding carboxylic acids is 1. The molecule has 0 aromatic rings. The second kappa shape index (κ2) is 5.84. The SMILES string of the molecule is C[C@H](CN=[N+]=[N-])[C@H]1CCC2C3C(CC[C@@]21C)[C@@]1(C)CCC(=O)C=C1C1O[C@@H]13. The van der Waals surface area contributed by atoms with E-state index in [1.54, 1.807) is 0 Å². The van der Waals surface area contributed by atoms with Crippen LogP contribution in [-0.2, 0) is 9.53 Å². The van der Waals surface area contributed by atoms with E-state index >= 15 is 0 Å². The zero-order valence-electron chi connectivity index (χ0n) is 16.7. The van der Waals surface area contributed by atoms with Crippen LogP contribution in [0, 0.1) is 40.4 Å². The quantitative estimate of drug-likeness (QED) is 0.301. The van der Waals surface area contributed by atoms with E-state index in [0.29, 0.717) is 59.9 Å². The zero-order chi connectivity index (χ0) is 19.0. The fourth-order valence-corrected chi connectivity index (χ4v) is 8.08. The number of azide groups is 1. The number of ketones is 1. The van der Waals surface area contributed by atoms with E-state index in [9.17, 15) is 4.79 Å². The average Bonchev–Trinajstić information content (AvgIpc) is 3.35. The average molecular weight is 370 g/mol. The number of carbonyl (C=O) groups is 1.